The fraction of sp³-hybridized carbons (Fsp3) is 0.0714. The molecule has 21 heavy (non-hydrogen) atoms. The normalized spacial score (nSPS) is 11.1. The van der Waals surface area contributed by atoms with Crippen molar-refractivity contribution in [1.29, 1.82) is 0 Å². The van der Waals surface area contributed by atoms with Gasteiger partial charge in [-0.1, -0.05) is 36.5 Å². The van der Waals surface area contributed by atoms with Crippen LogP contribution in [0.15, 0.2) is 51.8 Å². The second-order valence-electron chi connectivity index (χ2n) is 4.40. The molecule has 0 spiro atoms. The van der Waals surface area contributed by atoms with Crippen LogP contribution >= 0.6 is 28.1 Å². The number of nitrogens with one attached hydrogen (secondary N) is 1. The first-order valence-corrected chi connectivity index (χ1v) is 8.68. The summed E-state index contributed by atoms with van der Waals surface area (Å²) in [4.78, 5) is 0.304. The Hall–Kier alpha value is -1.44. The van der Waals surface area contributed by atoms with Gasteiger partial charge in [0.15, 0.2) is 0 Å². The van der Waals surface area contributed by atoms with E-state index < -0.39 is 10.0 Å². The van der Waals surface area contributed by atoms with Crippen LogP contribution in [-0.2, 0) is 10.0 Å². The van der Waals surface area contributed by atoms with E-state index in [9.17, 15) is 8.42 Å². The lowest BCUT2D eigenvalue weighted by Crippen LogP contribution is -2.19. The highest BCUT2D eigenvalue weighted by molar-refractivity contribution is 9.10. The van der Waals surface area contributed by atoms with Gasteiger partial charge in [-0.2, -0.15) is 0 Å². The van der Waals surface area contributed by atoms with E-state index in [1.165, 1.54) is 6.07 Å². The molecule has 2 rings (SSSR count). The lowest BCUT2D eigenvalue weighted by molar-refractivity contribution is 0.601. The van der Waals surface area contributed by atoms with Gasteiger partial charge in [0.1, 0.15) is 9.88 Å². The van der Waals surface area contributed by atoms with E-state index in [2.05, 4.69) is 20.7 Å². The number of thiocarbonyl (C=S) groups is 1. The van der Waals surface area contributed by atoms with E-state index in [1.54, 1.807) is 30.3 Å². The molecule has 110 valence electrons. The summed E-state index contributed by atoms with van der Waals surface area (Å²) in [5, 5.41) is 0. The van der Waals surface area contributed by atoms with Gasteiger partial charge in [-0.25, -0.2) is 8.42 Å². The third kappa shape index (κ3) is 3.42. The predicted molar refractivity (Wildman–Crippen MR) is 92.0 cm³/mol. The summed E-state index contributed by atoms with van der Waals surface area (Å²) in [6.07, 6.45) is 0. The molecule has 0 saturated carbocycles. The molecule has 2 aromatic rings. The maximum atomic E-state index is 12.5. The maximum absolute atomic E-state index is 12.5. The average Bonchev–Trinajstić information content (AvgIpc) is 2.38. The van der Waals surface area contributed by atoms with E-state index in [0.29, 0.717) is 15.7 Å². The van der Waals surface area contributed by atoms with Crippen LogP contribution in [0.2, 0.25) is 0 Å². The Morgan fingerprint density at radius 2 is 1.86 bits per heavy atom. The highest BCUT2D eigenvalue weighted by Gasteiger charge is 2.19. The van der Waals surface area contributed by atoms with Gasteiger partial charge in [0, 0.05) is 10.0 Å². The van der Waals surface area contributed by atoms with Crippen LogP contribution in [0.1, 0.15) is 11.1 Å². The minimum absolute atomic E-state index is 0.151. The average molecular weight is 385 g/mol. The molecule has 4 nitrogen and oxygen atoms in total. The molecule has 0 radical (unpaired) electrons. The maximum Gasteiger partial charge on any atom is 0.263 e. The van der Waals surface area contributed by atoms with Gasteiger partial charge in [-0.15, -0.1) is 0 Å². The summed E-state index contributed by atoms with van der Waals surface area (Å²) in [6.45, 7) is 1.82. The van der Waals surface area contributed by atoms with Crippen molar-refractivity contribution in [1.82, 2.24) is 0 Å². The van der Waals surface area contributed by atoms with Crippen LogP contribution < -0.4 is 10.5 Å². The van der Waals surface area contributed by atoms with Crippen LogP contribution in [0.25, 0.3) is 0 Å². The van der Waals surface area contributed by atoms with Gasteiger partial charge in [-0.05, 0) is 46.6 Å². The molecule has 7 heteroatoms. The van der Waals surface area contributed by atoms with Crippen molar-refractivity contribution >= 4 is 48.8 Å². The Morgan fingerprint density at radius 1 is 1.19 bits per heavy atom. The molecule has 0 aliphatic heterocycles. The van der Waals surface area contributed by atoms with Crippen molar-refractivity contribution in [3.05, 3.63) is 58.1 Å². The van der Waals surface area contributed by atoms with E-state index in [-0.39, 0.29) is 9.88 Å². The number of aryl methyl sites for hydroxylation is 1. The summed E-state index contributed by atoms with van der Waals surface area (Å²) in [5.74, 6) is 0. The quantitative estimate of drug-likeness (QED) is 0.793. The fourth-order valence-electron chi connectivity index (χ4n) is 1.94. The SMILES string of the molecule is Cc1cccc(NS(=O)(=O)c2ccccc2Br)c1C(N)=S. The number of hydrogen-bond donors (Lipinski definition) is 2. The van der Waals surface area contributed by atoms with Crippen LogP contribution in [0.4, 0.5) is 5.69 Å². The van der Waals surface area contributed by atoms with Gasteiger partial charge in [0.2, 0.25) is 0 Å². The van der Waals surface area contributed by atoms with Gasteiger partial charge in [0.25, 0.3) is 10.0 Å². The Morgan fingerprint density at radius 3 is 2.48 bits per heavy atom. The summed E-state index contributed by atoms with van der Waals surface area (Å²) in [7, 11) is -3.73. The van der Waals surface area contributed by atoms with Crippen molar-refractivity contribution in [2.45, 2.75) is 11.8 Å². The number of nitrogens with two attached hydrogens (primary N) is 1. The number of halogens is 1. The zero-order valence-electron chi connectivity index (χ0n) is 11.1. The zero-order chi connectivity index (χ0) is 15.6. The molecule has 0 saturated heterocycles. The summed E-state index contributed by atoms with van der Waals surface area (Å²) < 4.78 is 28.0. The molecule has 0 heterocycles. The van der Waals surface area contributed by atoms with Crippen molar-refractivity contribution in [2.24, 2.45) is 5.73 Å². The highest BCUT2D eigenvalue weighted by Crippen LogP contribution is 2.26. The Kier molecular flexibility index (Phi) is 4.65. The van der Waals surface area contributed by atoms with Crippen molar-refractivity contribution in [3.8, 4) is 0 Å². The zero-order valence-corrected chi connectivity index (χ0v) is 14.3. The smallest absolute Gasteiger partial charge is 0.263 e. The third-order valence-corrected chi connectivity index (χ3v) is 5.47. The molecule has 0 fully saturated rings. The second kappa shape index (κ2) is 6.13. The second-order valence-corrected chi connectivity index (χ2v) is 7.34. The van der Waals surface area contributed by atoms with E-state index in [4.69, 9.17) is 18.0 Å². The largest absolute Gasteiger partial charge is 0.389 e. The number of hydrogen-bond acceptors (Lipinski definition) is 3. The molecule has 0 aromatic heterocycles. The lowest BCUT2D eigenvalue weighted by Gasteiger charge is -2.14. The van der Waals surface area contributed by atoms with Crippen LogP contribution in [0.3, 0.4) is 0 Å². The molecule has 0 unspecified atom stereocenters. The molecule has 0 aliphatic rings. The summed E-state index contributed by atoms with van der Waals surface area (Å²) >= 11 is 8.24. The first kappa shape index (κ1) is 15.9. The number of sulfonamides is 1. The molecule has 3 N–H and O–H groups in total. The molecular formula is C14H13BrN2O2S2. The van der Waals surface area contributed by atoms with E-state index in [1.807, 2.05) is 13.0 Å². The van der Waals surface area contributed by atoms with Crippen LogP contribution in [-0.4, -0.2) is 13.4 Å². The molecular weight excluding hydrogens is 372 g/mol. The minimum Gasteiger partial charge on any atom is -0.389 e. The number of anilines is 1. The van der Waals surface area contributed by atoms with E-state index >= 15 is 0 Å². The van der Waals surface area contributed by atoms with Crippen molar-refractivity contribution in [2.75, 3.05) is 4.72 Å². The monoisotopic (exact) mass is 384 g/mol. The van der Waals surface area contributed by atoms with Crippen molar-refractivity contribution in [3.63, 3.8) is 0 Å². The Labute approximate surface area is 137 Å². The molecule has 0 bridgehead atoms. The van der Waals surface area contributed by atoms with E-state index in [0.717, 1.165) is 5.56 Å². The summed E-state index contributed by atoms with van der Waals surface area (Å²) in [5.41, 5.74) is 7.41. The topological polar surface area (TPSA) is 72.2 Å². The van der Waals surface area contributed by atoms with Gasteiger partial charge in [0.05, 0.1) is 5.69 Å². The van der Waals surface area contributed by atoms with Crippen molar-refractivity contribution < 1.29 is 8.42 Å². The summed E-state index contributed by atoms with van der Waals surface area (Å²) in [6, 6.07) is 11.8. The number of benzene rings is 2. The lowest BCUT2D eigenvalue weighted by atomic mass is 10.1. The van der Waals surface area contributed by atoms with Gasteiger partial charge >= 0.3 is 0 Å². The molecule has 0 aliphatic carbocycles. The minimum atomic E-state index is -3.73. The first-order valence-electron chi connectivity index (χ1n) is 5.99. The Balaban J connectivity index is 2.50. The van der Waals surface area contributed by atoms with Crippen LogP contribution in [0.5, 0.6) is 0 Å². The van der Waals surface area contributed by atoms with Gasteiger partial charge in [-0.3, -0.25) is 4.72 Å². The number of rotatable bonds is 4. The standard InChI is InChI=1S/C14H13BrN2O2S2/c1-9-5-4-7-11(13(9)14(16)20)17-21(18,19)12-8-3-2-6-10(12)15/h2-8,17H,1H3,(H2,16,20). The molecule has 2 aromatic carbocycles. The van der Waals surface area contributed by atoms with Gasteiger partial charge < -0.3 is 5.73 Å². The molecule has 0 atom stereocenters. The predicted octanol–water partition coefficient (Wildman–Crippen LogP) is 3.19. The van der Waals surface area contributed by atoms with Crippen LogP contribution in [0, 0.1) is 6.92 Å². The fourth-order valence-corrected chi connectivity index (χ4v) is 4.29. The Bertz CT molecular complexity index is 804. The highest BCUT2D eigenvalue weighted by atomic mass is 79.9. The third-order valence-electron chi connectivity index (χ3n) is 2.89. The first-order chi connectivity index (χ1) is 9.83. The molecule has 0 amide bonds.